The Bertz CT molecular complexity index is 1170. The van der Waals surface area contributed by atoms with E-state index in [0.29, 0.717) is 11.5 Å². The summed E-state index contributed by atoms with van der Waals surface area (Å²) in [4.78, 5) is 25.4. The number of carbonyl (C=O) groups excluding carboxylic acids is 1. The number of pyridine rings is 1. The van der Waals surface area contributed by atoms with Gasteiger partial charge in [-0.05, 0) is 43.2 Å². The van der Waals surface area contributed by atoms with Crippen molar-refractivity contribution in [2.45, 2.75) is 13.8 Å². The van der Waals surface area contributed by atoms with E-state index in [-0.39, 0.29) is 11.6 Å². The molecule has 138 valence electrons. The third kappa shape index (κ3) is 3.66. The van der Waals surface area contributed by atoms with Crippen molar-refractivity contribution in [3.63, 3.8) is 0 Å². The molecule has 6 nitrogen and oxygen atoms in total. The van der Waals surface area contributed by atoms with Crippen LogP contribution >= 0.6 is 0 Å². The fraction of sp³-hybridized carbons (Fsp3) is 0.0909. The van der Waals surface area contributed by atoms with Crippen molar-refractivity contribution in [2.75, 3.05) is 10.6 Å². The zero-order chi connectivity index (χ0) is 19.5. The van der Waals surface area contributed by atoms with Crippen LogP contribution in [0.2, 0.25) is 0 Å². The van der Waals surface area contributed by atoms with E-state index in [1.807, 2.05) is 56.3 Å². The highest BCUT2D eigenvalue weighted by molar-refractivity contribution is 6.07. The van der Waals surface area contributed by atoms with Crippen molar-refractivity contribution < 1.29 is 4.79 Å². The van der Waals surface area contributed by atoms with Gasteiger partial charge in [0.1, 0.15) is 17.8 Å². The van der Waals surface area contributed by atoms with Crippen LogP contribution in [0.3, 0.4) is 0 Å². The summed E-state index contributed by atoms with van der Waals surface area (Å²) in [5, 5.41) is 7.11. The third-order valence-corrected chi connectivity index (χ3v) is 4.44. The number of benzene rings is 2. The highest BCUT2D eigenvalue weighted by Gasteiger charge is 2.12. The van der Waals surface area contributed by atoms with Crippen LogP contribution in [0.5, 0.6) is 0 Å². The molecule has 0 atom stereocenters. The number of carbonyl (C=O) groups is 1. The molecule has 0 aliphatic rings. The van der Waals surface area contributed by atoms with E-state index in [4.69, 9.17) is 0 Å². The smallest absolute Gasteiger partial charge is 0.274 e. The molecule has 0 aliphatic heterocycles. The number of para-hydroxylation sites is 1. The highest BCUT2D eigenvalue weighted by Crippen LogP contribution is 2.23. The van der Waals surface area contributed by atoms with Gasteiger partial charge in [-0.15, -0.1) is 0 Å². The minimum atomic E-state index is -0.315. The molecule has 0 saturated heterocycles. The monoisotopic (exact) mass is 369 g/mol. The van der Waals surface area contributed by atoms with E-state index in [9.17, 15) is 4.79 Å². The van der Waals surface area contributed by atoms with Gasteiger partial charge in [0.15, 0.2) is 0 Å². The minimum Gasteiger partial charge on any atom is -0.340 e. The molecule has 0 unspecified atom stereocenters. The maximum atomic E-state index is 12.7. The summed E-state index contributed by atoms with van der Waals surface area (Å²) in [6.07, 6.45) is 3.08. The Morgan fingerprint density at radius 3 is 2.64 bits per heavy atom. The summed E-state index contributed by atoms with van der Waals surface area (Å²) in [6.45, 7) is 4.05. The van der Waals surface area contributed by atoms with E-state index >= 15 is 0 Å². The molecule has 4 rings (SSSR count). The number of rotatable bonds is 4. The molecule has 6 heteroatoms. The largest absolute Gasteiger partial charge is 0.340 e. The predicted molar refractivity (Wildman–Crippen MR) is 111 cm³/mol. The van der Waals surface area contributed by atoms with Crippen LogP contribution in [0.15, 0.2) is 67.1 Å². The van der Waals surface area contributed by atoms with Crippen molar-refractivity contribution in [3.05, 3.63) is 83.9 Å². The summed E-state index contributed by atoms with van der Waals surface area (Å²) < 4.78 is 0. The van der Waals surface area contributed by atoms with Crippen molar-refractivity contribution >= 4 is 34.0 Å². The Kier molecular flexibility index (Phi) is 4.68. The van der Waals surface area contributed by atoms with Gasteiger partial charge < -0.3 is 10.6 Å². The first-order chi connectivity index (χ1) is 13.6. The molecule has 0 fully saturated rings. The lowest BCUT2D eigenvalue weighted by Gasteiger charge is -2.11. The topological polar surface area (TPSA) is 79.8 Å². The van der Waals surface area contributed by atoms with Gasteiger partial charge in [0.25, 0.3) is 5.91 Å². The van der Waals surface area contributed by atoms with Crippen LogP contribution in [0.25, 0.3) is 10.9 Å². The lowest BCUT2D eigenvalue weighted by Crippen LogP contribution is -2.14. The highest BCUT2D eigenvalue weighted by atomic mass is 16.1. The lowest BCUT2D eigenvalue weighted by molar-refractivity contribution is 0.102. The number of anilines is 3. The Hall–Kier alpha value is -3.80. The summed E-state index contributed by atoms with van der Waals surface area (Å²) in [5.74, 6) is 0.245. The van der Waals surface area contributed by atoms with Gasteiger partial charge >= 0.3 is 0 Å². The maximum Gasteiger partial charge on any atom is 0.274 e. The first kappa shape index (κ1) is 17.6. The molecule has 0 radical (unpaired) electrons. The number of aryl methyl sites for hydroxylation is 2. The SMILES string of the molecule is Cc1ccc(C)c(Nc2cc(C(=O)Nc3cccc4cccnc34)ncn2)c1. The van der Waals surface area contributed by atoms with Crippen LogP contribution < -0.4 is 10.6 Å². The van der Waals surface area contributed by atoms with Crippen LogP contribution in [0.1, 0.15) is 21.6 Å². The molecule has 2 N–H and O–H groups in total. The fourth-order valence-electron chi connectivity index (χ4n) is 2.95. The Morgan fingerprint density at radius 1 is 0.893 bits per heavy atom. The first-order valence-corrected chi connectivity index (χ1v) is 8.91. The molecule has 0 spiro atoms. The van der Waals surface area contributed by atoms with Crippen LogP contribution in [0, 0.1) is 13.8 Å². The molecule has 2 heterocycles. The van der Waals surface area contributed by atoms with Crippen molar-refractivity contribution in [1.29, 1.82) is 0 Å². The normalized spacial score (nSPS) is 10.6. The number of nitrogens with zero attached hydrogens (tertiary/aromatic N) is 3. The average Bonchev–Trinajstić information content (AvgIpc) is 2.71. The zero-order valence-corrected chi connectivity index (χ0v) is 15.6. The summed E-state index contributed by atoms with van der Waals surface area (Å²) in [5.41, 5.74) is 4.84. The summed E-state index contributed by atoms with van der Waals surface area (Å²) in [6, 6.07) is 17.2. The molecular weight excluding hydrogens is 350 g/mol. The fourth-order valence-corrected chi connectivity index (χ4v) is 2.95. The standard InChI is InChI=1S/C22H19N5O/c1-14-8-9-15(2)18(11-14)26-20-12-19(24-13-25-20)22(28)27-17-7-3-5-16-6-4-10-23-21(16)17/h3-13H,1-2H3,(H,27,28)(H,24,25,26). The third-order valence-electron chi connectivity index (χ3n) is 4.44. The van der Waals surface area contributed by atoms with Gasteiger partial charge in [-0.3, -0.25) is 9.78 Å². The quantitative estimate of drug-likeness (QED) is 0.548. The van der Waals surface area contributed by atoms with Gasteiger partial charge in [0.05, 0.1) is 11.2 Å². The van der Waals surface area contributed by atoms with Gasteiger partial charge in [-0.2, -0.15) is 0 Å². The van der Waals surface area contributed by atoms with Crippen LogP contribution in [-0.4, -0.2) is 20.9 Å². The molecular formula is C22H19N5O. The average molecular weight is 369 g/mol. The maximum absolute atomic E-state index is 12.7. The molecule has 0 bridgehead atoms. The van der Waals surface area contributed by atoms with Crippen molar-refractivity contribution in [2.24, 2.45) is 0 Å². The number of aromatic nitrogens is 3. The number of fused-ring (bicyclic) bond motifs is 1. The lowest BCUT2D eigenvalue weighted by atomic mass is 10.1. The van der Waals surface area contributed by atoms with Crippen LogP contribution in [-0.2, 0) is 0 Å². The number of nitrogens with one attached hydrogen (secondary N) is 2. The summed E-state index contributed by atoms with van der Waals surface area (Å²) in [7, 11) is 0. The van der Waals surface area contributed by atoms with Gasteiger partial charge in [0.2, 0.25) is 0 Å². The molecule has 0 aliphatic carbocycles. The van der Waals surface area contributed by atoms with E-state index in [2.05, 4.69) is 31.7 Å². The number of hydrogen-bond donors (Lipinski definition) is 2. The second-order valence-corrected chi connectivity index (χ2v) is 6.57. The van der Waals surface area contributed by atoms with E-state index < -0.39 is 0 Å². The van der Waals surface area contributed by atoms with Crippen LogP contribution in [0.4, 0.5) is 17.2 Å². The Labute approximate surface area is 162 Å². The Morgan fingerprint density at radius 2 is 1.75 bits per heavy atom. The molecule has 4 aromatic rings. The van der Waals surface area contributed by atoms with E-state index in [1.54, 1.807) is 12.3 Å². The zero-order valence-electron chi connectivity index (χ0n) is 15.6. The van der Waals surface area contributed by atoms with Gasteiger partial charge in [-0.25, -0.2) is 9.97 Å². The Balaban J connectivity index is 1.58. The molecule has 28 heavy (non-hydrogen) atoms. The minimum absolute atomic E-state index is 0.274. The molecule has 0 saturated carbocycles. The second kappa shape index (κ2) is 7.44. The molecule has 2 aromatic carbocycles. The van der Waals surface area contributed by atoms with Gasteiger partial charge in [0, 0.05) is 23.3 Å². The summed E-state index contributed by atoms with van der Waals surface area (Å²) >= 11 is 0. The first-order valence-electron chi connectivity index (χ1n) is 8.91. The van der Waals surface area contributed by atoms with E-state index in [0.717, 1.165) is 27.7 Å². The van der Waals surface area contributed by atoms with E-state index in [1.165, 1.54) is 6.33 Å². The predicted octanol–water partition coefficient (Wildman–Crippen LogP) is 4.64. The second-order valence-electron chi connectivity index (χ2n) is 6.57. The number of amides is 1. The van der Waals surface area contributed by atoms with Crippen molar-refractivity contribution in [1.82, 2.24) is 15.0 Å². The molecule has 1 amide bonds. The molecule has 2 aromatic heterocycles. The number of hydrogen-bond acceptors (Lipinski definition) is 5. The van der Waals surface area contributed by atoms with Gasteiger partial charge in [-0.1, -0.05) is 30.3 Å². The van der Waals surface area contributed by atoms with Crippen molar-refractivity contribution in [3.8, 4) is 0 Å².